The van der Waals surface area contributed by atoms with Crippen molar-refractivity contribution >= 4 is 16.1 Å². The van der Waals surface area contributed by atoms with Gasteiger partial charge in [-0.15, -0.1) is 0 Å². The number of carbonyl (C=O) groups is 1. The summed E-state index contributed by atoms with van der Waals surface area (Å²) in [6, 6.07) is 5.78. The molecule has 1 aromatic rings. The number of aryl methyl sites for hydroxylation is 1. The predicted molar refractivity (Wildman–Crippen MR) is 56.9 cm³/mol. The fraction of sp³-hybridized carbons (Fsp3) is 0.364. The van der Waals surface area contributed by atoms with Crippen LogP contribution in [0.4, 0.5) is 0 Å². The molecular formula is C11H12O5S-2. The molecule has 0 atom stereocenters. The molecule has 1 saturated carbocycles. The highest BCUT2D eigenvalue weighted by molar-refractivity contribution is 7.85. The number of aliphatic carboxylic acids is 1. The zero-order valence-corrected chi connectivity index (χ0v) is 10.1. The van der Waals surface area contributed by atoms with Gasteiger partial charge in [-0.1, -0.05) is 17.7 Å². The summed E-state index contributed by atoms with van der Waals surface area (Å²) in [5.41, 5.74) is 0.928. The number of carbonyl (C=O) groups excluding carboxylic acids is 1. The summed E-state index contributed by atoms with van der Waals surface area (Å²) >= 11 is 0. The van der Waals surface area contributed by atoms with Crippen LogP contribution in [0.15, 0.2) is 29.2 Å². The van der Waals surface area contributed by atoms with Crippen LogP contribution in [0.3, 0.4) is 0 Å². The molecule has 0 aliphatic heterocycles. The molecule has 1 aliphatic carbocycles. The number of rotatable bonds is 2. The first-order valence-corrected chi connectivity index (χ1v) is 6.45. The van der Waals surface area contributed by atoms with E-state index in [1.807, 2.05) is 6.92 Å². The smallest absolute Gasteiger partial charge is 0.124 e. The van der Waals surface area contributed by atoms with Crippen LogP contribution in [0.1, 0.15) is 18.4 Å². The second-order valence-corrected chi connectivity index (χ2v) is 5.24. The summed E-state index contributed by atoms with van der Waals surface area (Å²) in [4.78, 5) is 9.47. The summed E-state index contributed by atoms with van der Waals surface area (Å²) in [7, 11) is -4.27. The number of carboxylic acid groups (broad SMARTS) is 1. The van der Waals surface area contributed by atoms with Crippen molar-refractivity contribution in [2.75, 3.05) is 0 Å². The summed E-state index contributed by atoms with van der Waals surface area (Å²) in [5, 5.41) is 9.65. The molecule has 0 unspecified atom stereocenters. The molecule has 0 heterocycles. The second kappa shape index (κ2) is 5.29. The Morgan fingerprint density at radius 2 is 1.71 bits per heavy atom. The first kappa shape index (κ1) is 13.7. The maximum atomic E-state index is 10.4. The van der Waals surface area contributed by atoms with Gasteiger partial charge in [-0.25, -0.2) is 8.42 Å². The van der Waals surface area contributed by atoms with Crippen LogP contribution in [0.2, 0.25) is 0 Å². The minimum absolute atomic E-state index is 0.0926. The molecule has 94 valence electrons. The molecule has 6 heteroatoms. The molecule has 0 spiro atoms. The zero-order chi connectivity index (χ0) is 13.1. The molecule has 0 radical (unpaired) electrons. The van der Waals surface area contributed by atoms with Gasteiger partial charge < -0.3 is 14.5 Å². The number of benzene rings is 1. The molecule has 0 saturated heterocycles. The normalized spacial score (nSPS) is 14.7. The van der Waals surface area contributed by atoms with Crippen molar-refractivity contribution in [3.8, 4) is 0 Å². The largest absolute Gasteiger partial charge is 0.744 e. The quantitative estimate of drug-likeness (QED) is 0.696. The van der Waals surface area contributed by atoms with E-state index < -0.39 is 16.1 Å². The molecule has 1 aliphatic rings. The third-order valence-corrected chi connectivity index (χ3v) is 3.07. The summed E-state index contributed by atoms with van der Waals surface area (Å²) in [5.74, 6) is -0.972. The molecule has 5 nitrogen and oxygen atoms in total. The van der Waals surface area contributed by atoms with E-state index in [1.54, 1.807) is 12.1 Å². The fourth-order valence-electron chi connectivity index (χ4n) is 1.02. The lowest BCUT2D eigenvalue weighted by molar-refractivity contribution is -0.307. The second-order valence-electron chi connectivity index (χ2n) is 3.86. The Morgan fingerprint density at radius 1 is 1.24 bits per heavy atom. The van der Waals surface area contributed by atoms with Gasteiger partial charge in [-0.3, -0.25) is 0 Å². The Hall–Kier alpha value is -1.40. The number of hydrogen-bond donors (Lipinski definition) is 0. The van der Waals surface area contributed by atoms with E-state index in [2.05, 4.69) is 0 Å². The van der Waals surface area contributed by atoms with Crippen molar-refractivity contribution in [2.45, 2.75) is 24.7 Å². The molecule has 0 amide bonds. The maximum Gasteiger partial charge on any atom is 0.124 e. The highest BCUT2D eigenvalue weighted by Gasteiger charge is 2.21. The summed E-state index contributed by atoms with van der Waals surface area (Å²) in [6.45, 7) is 1.82. The van der Waals surface area contributed by atoms with Crippen LogP contribution in [0.25, 0.3) is 0 Å². The van der Waals surface area contributed by atoms with Crippen molar-refractivity contribution in [2.24, 2.45) is 5.92 Å². The van der Waals surface area contributed by atoms with Gasteiger partial charge in [0, 0.05) is 5.97 Å². The van der Waals surface area contributed by atoms with E-state index in [-0.39, 0.29) is 10.8 Å². The summed E-state index contributed by atoms with van der Waals surface area (Å²) in [6.07, 6.45) is 1.67. The van der Waals surface area contributed by atoms with Gasteiger partial charge >= 0.3 is 0 Å². The van der Waals surface area contributed by atoms with Crippen LogP contribution in [-0.2, 0) is 14.9 Å². The zero-order valence-electron chi connectivity index (χ0n) is 9.25. The Labute approximate surface area is 99.8 Å². The first-order chi connectivity index (χ1) is 7.80. The Bertz CT molecular complexity index is 485. The first-order valence-electron chi connectivity index (χ1n) is 5.04. The Balaban J connectivity index is 0.000000202. The van der Waals surface area contributed by atoms with Crippen LogP contribution in [-0.4, -0.2) is 18.9 Å². The van der Waals surface area contributed by atoms with E-state index in [0.717, 1.165) is 18.4 Å². The fourth-order valence-corrected chi connectivity index (χ4v) is 1.49. The van der Waals surface area contributed by atoms with E-state index >= 15 is 0 Å². The lowest BCUT2D eigenvalue weighted by Gasteiger charge is -2.05. The molecule has 0 aromatic heterocycles. The molecule has 0 bridgehead atoms. The van der Waals surface area contributed by atoms with E-state index in [1.165, 1.54) is 12.1 Å². The van der Waals surface area contributed by atoms with Crippen molar-refractivity contribution in [1.82, 2.24) is 0 Å². The lowest BCUT2D eigenvalue weighted by Crippen LogP contribution is -2.23. The molecule has 1 aromatic carbocycles. The van der Waals surface area contributed by atoms with Crippen molar-refractivity contribution in [3.05, 3.63) is 29.8 Å². The van der Waals surface area contributed by atoms with Gasteiger partial charge in [-0.05, 0) is 37.8 Å². The van der Waals surface area contributed by atoms with Crippen molar-refractivity contribution in [3.63, 3.8) is 0 Å². The van der Waals surface area contributed by atoms with E-state index in [0.29, 0.717) is 0 Å². The van der Waals surface area contributed by atoms with Crippen LogP contribution >= 0.6 is 0 Å². The highest BCUT2D eigenvalue weighted by Crippen LogP contribution is 2.27. The predicted octanol–water partition coefficient (Wildman–Crippen LogP) is 0.0454. The average molecular weight is 256 g/mol. The topological polar surface area (TPSA) is 97.3 Å². The van der Waals surface area contributed by atoms with Crippen LogP contribution in [0, 0.1) is 12.8 Å². The highest BCUT2D eigenvalue weighted by atomic mass is 32.2. The third-order valence-electron chi connectivity index (χ3n) is 2.22. The molecule has 1 fully saturated rings. The monoisotopic (exact) mass is 256 g/mol. The minimum atomic E-state index is -4.27. The molecule has 0 N–H and O–H groups in total. The maximum absolute atomic E-state index is 10.4. The SMILES string of the molecule is Cc1ccc(S(=O)(=O)[O-])cc1.O=C([O-])C1CC1. The molecular weight excluding hydrogens is 244 g/mol. The number of hydrogen-bond acceptors (Lipinski definition) is 5. The Kier molecular flexibility index (Phi) is 4.25. The molecule has 17 heavy (non-hydrogen) atoms. The van der Waals surface area contributed by atoms with Crippen LogP contribution in [0.5, 0.6) is 0 Å². The van der Waals surface area contributed by atoms with Gasteiger partial charge in [0.1, 0.15) is 10.1 Å². The van der Waals surface area contributed by atoms with E-state index in [4.69, 9.17) is 0 Å². The Morgan fingerprint density at radius 3 is 1.94 bits per heavy atom. The number of carboxylic acids is 1. The minimum Gasteiger partial charge on any atom is -0.744 e. The van der Waals surface area contributed by atoms with E-state index in [9.17, 15) is 22.9 Å². The van der Waals surface area contributed by atoms with Crippen molar-refractivity contribution in [1.29, 1.82) is 0 Å². The summed E-state index contributed by atoms with van der Waals surface area (Å²) < 4.78 is 31.2. The van der Waals surface area contributed by atoms with Gasteiger partial charge in [0.05, 0.1) is 4.90 Å². The van der Waals surface area contributed by atoms with Gasteiger partial charge in [0.2, 0.25) is 0 Å². The standard InChI is InChI=1S/C7H8O3S.C4H6O2/c1-6-2-4-7(5-3-6)11(8,9)10;5-4(6)3-1-2-3/h2-5H,1H3,(H,8,9,10);3H,1-2H2,(H,5,6)/p-2. The lowest BCUT2D eigenvalue weighted by atomic mass is 10.2. The van der Waals surface area contributed by atoms with Crippen molar-refractivity contribution < 1.29 is 22.9 Å². The van der Waals surface area contributed by atoms with Gasteiger partial charge in [0.15, 0.2) is 0 Å². The average Bonchev–Trinajstić information content (AvgIpc) is 3.00. The van der Waals surface area contributed by atoms with Crippen LogP contribution < -0.4 is 5.11 Å². The van der Waals surface area contributed by atoms with Gasteiger partial charge in [0.25, 0.3) is 0 Å². The third kappa shape index (κ3) is 4.97. The van der Waals surface area contributed by atoms with Gasteiger partial charge in [-0.2, -0.15) is 0 Å². The molecule has 2 rings (SSSR count).